The molecule has 0 aliphatic rings. The van der Waals surface area contributed by atoms with Gasteiger partial charge in [0.1, 0.15) is 11.1 Å². The monoisotopic (exact) mass is 420 g/mol. The van der Waals surface area contributed by atoms with Crippen LogP contribution in [-0.4, -0.2) is 24.7 Å². The third-order valence-corrected chi connectivity index (χ3v) is 5.68. The molecule has 0 heterocycles. The van der Waals surface area contributed by atoms with Gasteiger partial charge in [-0.25, -0.2) is 8.42 Å². The maximum Gasteiger partial charge on any atom is 0.244 e. The molecule has 2 aromatic rings. The van der Waals surface area contributed by atoms with E-state index in [2.05, 4.69) is 0 Å². The van der Waals surface area contributed by atoms with Crippen LogP contribution in [-0.2, 0) is 19.4 Å². The smallest absolute Gasteiger partial charge is 0.244 e. The van der Waals surface area contributed by atoms with E-state index < -0.39 is 31.5 Å². The van der Waals surface area contributed by atoms with Crippen molar-refractivity contribution in [3.63, 3.8) is 0 Å². The molecule has 0 aromatic heterocycles. The van der Waals surface area contributed by atoms with Crippen molar-refractivity contribution < 1.29 is 18.0 Å². The second-order valence-corrected chi connectivity index (χ2v) is 8.22. The molecule has 25 heavy (non-hydrogen) atoms. The number of hydrogen-bond acceptors (Lipinski definition) is 4. The summed E-state index contributed by atoms with van der Waals surface area (Å²) in [5.74, 6) is -0.655. The fraction of sp³-hybridized carbons (Fsp3) is 0.176. The second-order valence-electron chi connectivity index (χ2n) is 5.00. The van der Waals surface area contributed by atoms with Gasteiger partial charge in [0.05, 0.1) is 4.90 Å². The van der Waals surface area contributed by atoms with Gasteiger partial charge in [-0.05, 0) is 47.8 Å². The van der Waals surface area contributed by atoms with E-state index in [9.17, 15) is 18.0 Å². The van der Waals surface area contributed by atoms with Crippen molar-refractivity contribution in [3.05, 3.63) is 65.7 Å². The number of aryl methyl sites for hydroxylation is 1. The summed E-state index contributed by atoms with van der Waals surface area (Å²) < 4.78 is 22.9. The van der Waals surface area contributed by atoms with Crippen molar-refractivity contribution in [2.45, 2.75) is 17.2 Å². The molecule has 0 aliphatic carbocycles. The van der Waals surface area contributed by atoms with Gasteiger partial charge in [0.2, 0.25) is 10.5 Å². The van der Waals surface area contributed by atoms with Gasteiger partial charge in [-0.1, -0.05) is 48.0 Å². The largest absolute Gasteiger partial charge is 0.280 e. The highest BCUT2D eigenvalue weighted by molar-refractivity contribution is 7.92. The molecule has 4 nitrogen and oxygen atoms in total. The summed E-state index contributed by atoms with van der Waals surface area (Å²) in [4.78, 5) is 21.2. The highest BCUT2D eigenvalue weighted by Gasteiger charge is 2.17. The Morgan fingerprint density at radius 1 is 0.960 bits per heavy atom. The van der Waals surface area contributed by atoms with E-state index in [1.165, 1.54) is 12.1 Å². The predicted octanol–water partition coefficient (Wildman–Crippen LogP) is 4.27. The third-order valence-electron chi connectivity index (χ3n) is 2.98. The van der Waals surface area contributed by atoms with Crippen molar-refractivity contribution in [1.29, 1.82) is 0 Å². The number of hydrogen-bond donors (Lipinski definition) is 0. The lowest BCUT2D eigenvalue weighted by molar-refractivity contribution is -0.111. The lowest BCUT2D eigenvalue weighted by atomic mass is 10.2. The molecule has 2 aromatic carbocycles. The van der Waals surface area contributed by atoms with E-state index in [4.69, 9.17) is 34.8 Å². The van der Waals surface area contributed by atoms with Gasteiger partial charge >= 0.3 is 0 Å². The third kappa shape index (κ3) is 7.57. The normalized spacial score (nSPS) is 11.8. The summed E-state index contributed by atoms with van der Waals surface area (Å²) in [6.45, 7) is 1.85. The summed E-state index contributed by atoms with van der Waals surface area (Å²) in [6, 6.07) is 15.3. The molecule has 0 amide bonds. The van der Waals surface area contributed by atoms with E-state index in [1.54, 1.807) is 24.3 Å². The van der Waals surface area contributed by atoms with Crippen molar-refractivity contribution in [2.75, 3.05) is 5.75 Å². The number of rotatable bonds is 5. The molecular weight excluding hydrogens is 407 g/mol. The molecule has 0 radical (unpaired) electrons. The van der Waals surface area contributed by atoms with Crippen LogP contribution in [0.2, 0.25) is 0 Å². The molecule has 0 bridgehead atoms. The zero-order chi connectivity index (χ0) is 19.0. The number of halogens is 3. The average Bonchev–Trinajstić information content (AvgIpc) is 2.54. The zero-order valence-corrected chi connectivity index (χ0v) is 16.2. The molecular formula is C17H15Cl3O4S. The lowest BCUT2D eigenvalue weighted by Crippen LogP contribution is -2.11. The van der Waals surface area contributed by atoms with Crippen molar-refractivity contribution in [1.82, 2.24) is 0 Å². The van der Waals surface area contributed by atoms with E-state index in [0.29, 0.717) is 0 Å². The molecule has 0 N–H and O–H groups in total. The first kappa shape index (κ1) is 21.6. The van der Waals surface area contributed by atoms with Crippen LogP contribution in [0.15, 0.2) is 59.5 Å². The first-order valence-electron chi connectivity index (χ1n) is 6.99. The zero-order valence-electron chi connectivity index (χ0n) is 13.2. The quantitative estimate of drug-likeness (QED) is 0.534. The highest BCUT2D eigenvalue weighted by Crippen LogP contribution is 2.22. The van der Waals surface area contributed by atoms with Crippen LogP contribution >= 0.6 is 34.8 Å². The lowest BCUT2D eigenvalue weighted by Gasteiger charge is -2.01. The Labute approximate surface area is 161 Å². The summed E-state index contributed by atoms with van der Waals surface area (Å²) in [7, 11) is -3.56. The van der Waals surface area contributed by atoms with E-state index in [1.807, 2.05) is 25.1 Å². The van der Waals surface area contributed by atoms with Gasteiger partial charge in [0.15, 0.2) is 9.84 Å². The Balaban J connectivity index is 0.000000257. The Kier molecular flexibility index (Phi) is 8.59. The second kappa shape index (κ2) is 9.92. The number of carbonyl (C=O) groups excluding carboxylic acids is 2. The van der Waals surface area contributed by atoms with Crippen molar-refractivity contribution in [2.24, 2.45) is 0 Å². The molecule has 0 saturated heterocycles. The minimum atomic E-state index is -3.56. The van der Waals surface area contributed by atoms with Crippen LogP contribution in [0.4, 0.5) is 0 Å². The summed E-state index contributed by atoms with van der Waals surface area (Å²) in [5, 5.41) is -2.14. The summed E-state index contributed by atoms with van der Waals surface area (Å²) in [6.07, 6.45) is 0. The van der Waals surface area contributed by atoms with E-state index in [0.717, 1.165) is 11.1 Å². The fourth-order valence-electron chi connectivity index (χ4n) is 1.73. The number of alkyl halides is 1. The molecule has 134 valence electrons. The van der Waals surface area contributed by atoms with Gasteiger partial charge in [-0.2, -0.15) is 0 Å². The molecule has 1 unspecified atom stereocenters. The molecule has 1 atom stereocenters. The minimum Gasteiger partial charge on any atom is -0.280 e. The van der Waals surface area contributed by atoms with Crippen molar-refractivity contribution >= 4 is 55.1 Å². The summed E-state index contributed by atoms with van der Waals surface area (Å²) in [5.41, 5.74) is 1.69. The van der Waals surface area contributed by atoms with Crippen LogP contribution in [0, 0.1) is 6.92 Å². The Hall–Kier alpha value is -1.40. The van der Waals surface area contributed by atoms with E-state index >= 15 is 0 Å². The highest BCUT2D eigenvalue weighted by atomic mass is 35.5. The maximum absolute atomic E-state index is 11.4. The number of carbonyl (C=O) groups is 2. The SMILES string of the molecule is Cc1ccc(S(=O)(=O)CC(=O)Cl)cc1.O=C(Cl)C(Cl)c1ccccc1. The van der Waals surface area contributed by atoms with Crippen LogP contribution < -0.4 is 0 Å². The summed E-state index contributed by atoms with van der Waals surface area (Å²) >= 11 is 15.9. The number of benzene rings is 2. The van der Waals surface area contributed by atoms with Crippen LogP contribution in [0.25, 0.3) is 0 Å². The van der Waals surface area contributed by atoms with Gasteiger partial charge in [-0.15, -0.1) is 11.6 Å². The van der Waals surface area contributed by atoms with Crippen molar-refractivity contribution in [3.8, 4) is 0 Å². The number of sulfone groups is 1. The molecule has 0 spiro atoms. The Morgan fingerprint density at radius 3 is 1.92 bits per heavy atom. The first-order chi connectivity index (χ1) is 11.6. The van der Waals surface area contributed by atoms with Crippen LogP contribution in [0.1, 0.15) is 16.5 Å². The predicted molar refractivity (Wildman–Crippen MR) is 100.0 cm³/mol. The molecule has 0 aliphatic heterocycles. The Morgan fingerprint density at radius 2 is 1.48 bits per heavy atom. The van der Waals surface area contributed by atoms with Gasteiger partial charge in [0.25, 0.3) is 0 Å². The maximum atomic E-state index is 11.4. The van der Waals surface area contributed by atoms with Crippen LogP contribution in [0.5, 0.6) is 0 Å². The van der Waals surface area contributed by atoms with Gasteiger partial charge < -0.3 is 0 Å². The molecule has 8 heteroatoms. The molecule has 0 saturated carbocycles. The molecule has 0 fully saturated rings. The van der Waals surface area contributed by atoms with Crippen LogP contribution in [0.3, 0.4) is 0 Å². The first-order valence-corrected chi connectivity index (χ1v) is 9.84. The minimum absolute atomic E-state index is 0.122. The fourth-order valence-corrected chi connectivity index (χ4v) is 3.45. The van der Waals surface area contributed by atoms with E-state index in [-0.39, 0.29) is 4.90 Å². The molecule has 2 rings (SSSR count). The Bertz CT molecular complexity index is 819. The topological polar surface area (TPSA) is 68.3 Å². The van der Waals surface area contributed by atoms with Gasteiger partial charge in [-0.3, -0.25) is 9.59 Å². The van der Waals surface area contributed by atoms with Gasteiger partial charge in [0, 0.05) is 0 Å². The standard InChI is InChI=1S/C9H9ClO3S.C8H6Cl2O/c1-7-2-4-8(5-3-7)14(12,13)6-9(10)11;9-7(8(10)11)6-4-2-1-3-5-6/h2-5H,6H2,1H3;1-5,7H. The average molecular weight is 422 g/mol.